The van der Waals surface area contributed by atoms with Gasteiger partial charge in [0.1, 0.15) is 4.90 Å². The minimum atomic E-state index is -3.61. The third-order valence-corrected chi connectivity index (χ3v) is 5.50. The van der Waals surface area contributed by atoms with Crippen LogP contribution in [0.15, 0.2) is 23.1 Å². The van der Waals surface area contributed by atoms with Crippen LogP contribution in [0.25, 0.3) is 0 Å². The second-order valence-electron chi connectivity index (χ2n) is 4.74. The second-order valence-corrected chi connectivity index (χ2v) is 7.08. The molecule has 5 nitrogen and oxygen atoms in total. The second kappa shape index (κ2) is 5.66. The Morgan fingerprint density at radius 2 is 2.21 bits per heavy atom. The molecule has 0 spiro atoms. The lowest BCUT2D eigenvalue weighted by Gasteiger charge is -2.31. The molecule has 3 N–H and O–H groups in total. The standard InChI is InChI=1S/C12H17ClN2O3S/c13-10-3-4-12(11(14)6-10)19(17,18)15-5-1-2-9(7-15)8-16/h3-4,6,9,16H,1-2,5,7-8,14H2. The highest BCUT2D eigenvalue weighted by molar-refractivity contribution is 7.89. The number of aliphatic hydroxyl groups is 1. The number of nitrogen functional groups attached to an aromatic ring is 1. The molecule has 7 heteroatoms. The van der Waals surface area contributed by atoms with E-state index in [0.717, 1.165) is 12.8 Å². The number of hydrogen-bond donors (Lipinski definition) is 2. The van der Waals surface area contributed by atoms with E-state index in [0.29, 0.717) is 18.1 Å². The zero-order chi connectivity index (χ0) is 14.0. The van der Waals surface area contributed by atoms with E-state index in [9.17, 15) is 13.5 Å². The Morgan fingerprint density at radius 1 is 1.47 bits per heavy atom. The van der Waals surface area contributed by atoms with Crippen molar-refractivity contribution in [1.82, 2.24) is 4.31 Å². The maximum absolute atomic E-state index is 12.5. The van der Waals surface area contributed by atoms with Crippen LogP contribution in [0.3, 0.4) is 0 Å². The Kier molecular flexibility index (Phi) is 4.35. The van der Waals surface area contributed by atoms with Gasteiger partial charge in [0.05, 0.1) is 5.69 Å². The number of hydrogen-bond acceptors (Lipinski definition) is 4. The lowest BCUT2D eigenvalue weighted by atomic mass is 10.0. The molecule has 2 rings (SSSR count). The zero-order valence-electron chi connectivity index (χ0n) is 10.4. The zero-order valence-corrected chi connectivity index (χ0v) is 12.0. The summed E-state index contributed by atoms with van der Waals surface area (Å²) in [5.41, 5.74) is 5.89. The van der Waals surface area contributed by atoms with Crippen molar-refractivity contribution in [2.75, 3.05) is 25.4 Å². The lowest BCUT2D eigenvalue weighted by molar-refractivity contribution is 0.165. The first-order valence-corrected chi connectivity index (χ1v) is 7.93. The molecule has 106 valence electrons. The molecule has 1 aromatic carbocycles. The predicted molar refractivity (Wildman–Crippen MR) is 74.4 cm³/mol. The molecule has 1 saturated heterocycles. The van der Waals surface area contributed by atoms with E-state index in [2.05, 4.69) is 0 Å². The minimum Gasteiger partial charge on any atom is -0.398 e. The Morgan fingerprint density at radius 3 is 2.84 bits per heavy atom. The molecule has 0 aromatic heterocycles. The van der Waals surface area contributed by atoms with E-state index >= 15 is 0 Å². The van der Waals surface area contributed by atoms with E-state index in [1.54, 1.807) is 0 Å². The Labute approximate surface area is 118 Å². The average molecular weight is 305 g/mol. The van der Waals surface area contributed by atoms with Gasteiger partial charge in [-0.3, -0.25) is 0 Å². The molecule has 1 unspecified atom stereocenters. The van der Waals surface area contributed by atoms with Gasteiger partial charge >= 0.3 is 0 Å². The van der Waals surface area contributed by atoms with Crippen LogP contribution in [0.4, 0.5) is 5.69 Å². The fourth-order valence-corrected chi connectivity index (χ4v) is 4.12. The summed E-state index contributed by atoms with van der Waals surface area (Å²) in [7, 11) is -3.61. The lowest BCUT2D eigenvalue weighted by Crippen LogP contribution is -2.41. The normalized spacial score (nSPS) is 21.5. The van der Waals surface area contributed by atoms with Crippen molar-refractivity contribution in [2.45, 2.75) is 17.7 Å². The number of nitrogens with zero attached hydrogens (tertiary/aromatic N) is 1. The van der Waals surface area contributed by atoms with Crippen molar-refractivity contribution in [2.24, 2.45) is 5.92 Å². The van der Waals surface area contributed by atoms with Gasteiger partial charge in [0, 0.05) is 24.7 Å². The van der Waals surface area contributed by atoms with Crippen LogP contribution in [0, 0.1) is 5.92 Å². The number of piperidine rings is 1. The van der Waals surface area contributed by atoms with Crippen molar-refractivity contribution >= 4 is 27.3 Å². The van der Waals surface area contributed by atoms with E-state index in [1.165, 1.54) is 22.5 Å². The van der Waals surface area contributed by atoms with Crippen LogP contribution in [0.1, 0.15) is 12.8 Å². The van der Waals surface area contributed by atoms with Crippen LogP contribution in [-0.2, 0) is 10.0 Å². The van der Waals surface area contributed by atoms with Gasteiger partial charge in [-0.05, 0) is 37.0 Å². The molecule has 19 heavy (non-hydrogen) atoms. The largest absolute Gasteiger partial charge is 0.398 e. The van der Waals surface area contributed by atoms with E-state index in [-0.39, 0.29) is 23.1 Å². The number of nitrogens with two attached hydrogens (primary N) is 1. The first-order valence-electron chi connectivity index (χ1n) is 6.11. The van der Waals surface area contributed by atoms with Gasteiger partial charge in [-0.1, -0.05) is 11.6 Å². The summed E-state index contributed by atoms with van der Waals surface area (Å²) in [6.45, 7) is 0.796. The van der Waals surface area contributed by atoms with Gasteiger partial charge in [0.25, 0.3) is 0 Å². The smallest absolute Gasteiger partial charge is 0.245 e. The maximum Gasteiger partial charge on any atom is 0.245 e. The highest BCUT2D eigenvalue weighted by Gasteiger charge is 2.31. The molecular weight excluding hydrogens is 288 g/mol. The molecule has 1 heterocycles. The van der Waals surface area contributed by atoms with E-state index < -0.39 is 10.0 Å². The van der Waals surface area contributed by atoms with Crippen LogP contribution < -0.4 is 5.73 Å². The average Bonchev–Trinajstić information content (AvgIpc) is 2.38. The summed E-state index contributed by atoms with van der Waals surface area (Å²) in [4.78, 5) is 0.0792. The molecule has 1 aliphatic heterocycles. The summed E-state index contributed by atoms with van der Waals surface area (Å²) >= 11 is 5.78. The fraction of sp³-hybridized carbons (Fsp3) is 0.500. The van der Waals surface area contributed by atoms with Gasteiger partial charge in [-0.2, -0.15) is 4.31 Å². The molecule has 0 amide bonds. The van der Waals surface area contributed by atoms with E-state index in [1.807, 2.05) is 0 Å². The number of aliphatic hydroxyl groups excluding tert-OH is 1. The first-order chi connectivity index (χ1) is 8.95. The van der Waals surface area contributed by atoms with Crippen LogP contribution in [-0.4, -0.2) is 37.5 Å². The van der Waals surface area contributed by atoms with Gasteiger partial charge in [-0.15, -0.1) is 0 Å². The van der Waals surface area contributed by atoms with Gasteiger partial charge < -0.3 is 10.8 Å². The molecule has 0 aliphatic carbocycles. The van der Waals surface area contributed by atoms with Crippen molar-refractivity contribution in [3.8, 4) is 0 Å². The highest BCUT2D eigenvalue weighted by Crippen LogP contribution is 2.28. The van der Waals surface area contributed by atoms with Gasteiger partial charge in [0.15, 0.2) is 0 Å². The molecule has 1 aliphatic rings. The van der Waals surface area contributed by atoms with Crippen molar-refractivity contribution < 1.29 is 13.5 Å². The van der Waals surface area contributed by atoms with Gasteiger partial charge in [-0.25, -0.2) is 8.42 Å². The third kappa shape index (κ3) is 3.02. The third-order valence-electron chi connectivity index (χ3n) is 3.33. The fourth-order valence-electron chi connectivity index (χ4n) is 2.29. The molecule has 0 bridgehead atoms. The molecule has 1 aromatic rings. The van der Waals surface area contributed by atoms with Crippen molar-refractivity contribution in [3.05, 3.63) is 23.2 Å². The Hall–Kier alpha value is -0.820. The van der Waals surface area contributed by atoms with Crippen LogP contribution in [0.2, 0.25) is 5.02 Å². The number of rotatable bonds is 3. The van der Waals surface area contributed by atoms with E-state index in [4.69, 9.17) is 17.3 Å². The summed E-state index contributed by atoms with van der Waals surface area (Å²) in [6.07, 6.45) is 1.59. The van der Waals surface area contributed by atoms with Crippen LogP contribution >= 0.6 is 11.6 Å². The monoisotopic (exact) mass is 304 g/mol. The predicted octanol–water partition coefficient (Wildman–Crippen LogP) is 1.32. The first kappa shape index (κ1) is 14.6. The molecule has 1 atom stereocenters. The molecule has 0 radical (unpaired) electrons. The number of benzene rings is 1. The summed E-state index contributed by atoms with van der Waals surface area (Å²) < 4.78 is 26.4. The number of halogens is 1. The van der Waals surface area contributed by atoms with Crippen molar-refractivity contribution in [1.29, 1.82) is 0 Å². The highest BCUT2D eigenvalue weighted by atomic mass is 35.5. The summed E-state index contributed by atoms with van der Waals surface area (Å²) in [5, 5.41) is 9.58. The summed E-state index contributed by atoms with van der Waals surface area (Å²) in [6, 6.07) is 4.37. The molecule has 0 saturated carbocycles. The molecule has 1 fully saturated rings. The quantitative estimate of drug-likeness (QED) is 0.825. The Bertz CT molecular complexity index is 562. The SMILES string of the molecule is Nc1cc(Cl)ccc1S(=O)(=O)N1CCCC(CO)C1. The topological polar surface area (TPSA) is 83.6 Å². The van der Waals surface area contributed by atoms with Crippen LogP contribution in [0.5, 0.6) is 0 Å². The van der Waals surface area contributed by atoms with Gasteiger partial charge in [0.2, 0.25) is 10.0 Å². The minimum absolute atomic E-state index is 0.00210. The Balaban J connectivity index is 2.31. The number of anilines is 1. The molecular formula is C12H17ClN2O3S. The van der Waals surface area contributed by atoms with Crippen molar-refractivity contribution in [3.63, 3.8) is 0 Å². The summed E-state index contributed by atoms with van der Waals surface area (Å²) in [5.74, 6) is -0.00273. The number of sulfonamides is 1. The maximum atomic E-state index is 12.5.